The molecule has 0 saturated carbocycles. The molecule has 0 atom stereocenters. The van der Waals surface area contributed by atoms with Crippen molar-refractivity contribution in [3.63, 3.8) is 0 Å². The van der Waals surface area contributed by atoms with Crippen molar-refractivity contribution >= 4 is 54.1 Å². The Morgan fingerprint density at radius 2 is 2.11 bits per heavy atom. The molecule has 0 aliphatic rings. The van der Waals surface area contributed by atoms with Crippen LogP contribution >= 0.6 is 24.0 Å². The monoisotopic (exact) mass is 267 g/mol. The summed E-state index contributed by atoms with van der Waals surface area (Å²) in [6.07, 6.45) is 0. The molecule has 0 saturated heterocycles. The molecule has 0 aromatic carbocycles. The van der Waals surface area contributed by atoms with E-state index in [1.54, 1.807) is 11.8 Å². The Kier molecular flexibility index (Phi) is 12.9. The topological polar surface area (TPSA) is 12.0 Å². The van der Waals surface area contributed by atoms with Crippen LogP contribution < -0.4 is 5.32 Å². The van der Waals surface area contributed by atoms with Gasteiger partial charge in [0, 0.05) is 6.54 Å². The molecule has 0 aromatic heterocycles. The first-order valence-corrected chi connectivity index (χ1v) is 4.11. The molecule has 0 amide bonds. The molecule has 54 valence electrons. The van der Waals surface area contributed by atoms with E-state index < -0.39 is 0 Å². The Hall–Kier alpha value is 1.11. The van der Waals surface area contributed by atoms with Crippen LogP contribution in [0.2, 0.25) is 0 Å². The number of hydrogen-bond acceptors (Lipinski definition) is 2. The third-order valence-corrected chi connectivity index (χ3v) is 1.79. The number of thiocarbonyl (C=S) groups is 1. The van der Waals surface area contributed by atoms with Crippen LogP contribution in [-0.4, -0.2) is 42.5 Å². The molecule has 1 N–H and O–H groups in total. The fourth-order valence-electron chi connectivity index (χ4n) is 0.326. The van der Waals surface area contributed by atoms with Crippen molar-refractivity contribution in [2.24, 2.45) is 0 Å². The van der Waals surface area contributed by atoms with E-state index in [4.69, 9.17) is 12.2 Å². The molecule has 0 aromatic rings. The molecule has 0 aliphatic carbocycles. The second-order valence-corrected chi connectivity index (χ2v) is 3.19. The fourth-order valence-corrected chi connectivity index (χ4v) is 1.33. The van der Waals surface area contributed by atoms with Crippen molar-refractivity contribution in [3.05, 3.63) is 0 Å². The van der Waals surface area contributed by atoms with E-state index in [0.29, 0.717) is 0 Å². The summed E-state index contributed by atoms with van der Waals surface area (Å²) in [5.41, 5.74) is 0. The summed E-state index contributed by atoms with van der Waals surface area (Å²) < 4.78 is 0.912. The van der Waals surface area contributed by atoms with Crippen molar-refractivity contribution in [1.82, 2.24) is 5.32 Å². The van der Waals surface area contributed by atoms with Crippen molar-refractivity contribution in [2.75, 3.05) is 12.3 Å². The van der Waals surface area contributed by atoms with Crippen LogP contribution in [0.5, 0.6) is 0 Å². The van der Waals surface area contributed by atoms with Gasteiger partial charge in [-0.2, -0.15) is 0 Å². The van der Waals surface area contributed by atoms with Crippen LogP contribution in [0.3, 0.4) is 0 Å². The number of hydrogen-bond donors (Lipinski definition) is 1. The van der Waals surface area contributed by atoms with E-state index >= 15 is 0 Å². The normalized spacial score (nSPS) is 7.78. The first-order chi connectivity index (χ1) is 3.81. The van der Waals surface area contributed by atoms with Gasteiger partial charge in [0.1, 0.15) is 4.32 Å². The molecule has 4 heteroatoms. The number of rotatable bonds is 2. The summed E-state index contributed by atoms with van der Waals surface area (Å²) in [6.45, 7) is 5.07. The molecule has 1 nitrogen and oxygen atoms in total. The predicted molar refractivity (Wildman–Crippen MR) is 54.3 cm³/mol. The zero-order valence-electron chi connectivity index (χ0n) is 5.23. The second-order valence-electron chi connectivity index (χ2n) is 1.25. The van der Waals surface area contributed by atoms with E-state index in [1.165, 1.54) is 0 Å². The minimum atomic E-state index is 0. The third kappa shape index (κ3) is 9.11. The minimum absolute atomic E-state index is 0. The fraction of sp³-hybridized carbons (Fsp3) is 0.800. The van der Waals surface area contributed by atoms with Crippen molar-refractivity contribution in [3.8, 4) is 0 Å². The zero-order chi connectivity index (χ0) is 6.41. The van der Waals surface area contributed by atoms with E-state index in [1.807, 2.05) is 6.92 Å². The van der Waals surface area contributed by atoms with Crippen LogP contribution in [0, 0.1) is 0 Å². The molecule has 0 heterocycles. The molecular weight excluding hydrogens is 253 g/mol. The molecule has 0 bridgehead atoms. The Morgan fingerprint density at radius 1 is 1.56 bits per heavy atom. The number of thioether (sulfide) groups is 1. The van der Waals surface area contributed by atoms with Gasteiger partial charge in [-0.15, -0.1) is 0 Å². The van der Waals surface area contributed by atoms with E-state index in [2.05, 4.69) is 12.2 Å². The van der Waals surface area contributed by atoms with Gasteiger partial charge < -0.3 is 5.32 Å². The Balaban J connectivity index is 0. The predicted octanol–water partition coefficient (Wildman–Crippen LogP) is 0.450. The summed E-state index contributed by atoms with van der Waals surface area (Å²) in [4.78, 5) is 0. The van der Waals surface area contributed by atoms with Crippen molar-refractivity contribution < 1.29 is 0 Å². The molecule has 0 spiro atoms. The average molecular weight is 267 g/mol. The third-order valence-electron chi connectivity index (χ3n) is 0.597. The van der Waals surface area contributed by atoms with E-state index in [0.717, 1.165) is 16.6 Å². The van der Waals surface area contributed by atoms with Gasteiger partial charge in [-0.1, -0.05) is 30.9 Å². The first-order valence-electron chi connectivity index (χ1n) is 2.71. The standard InChI is InChI=1S/C5H11NS2.In.3H/c1-3-6-5(7)8-4-2;;;;/h3-4H2,1-2H3,(H,6,7);;;;. The Labute approximate surface area is 85.1 Å². The van der Waals surface area contributed by atoms with Gasteiger partial charge in [-0.05, 0) is 12.7 Å². The zero-order valence-corrected chi connectivity index (χ0v) is 6.86. The Morgan fingerprint density at radius 3 is 2.44 bits per heavy atom. The molecule has 9 heavy (non-hydrogen) atoms. The summed E-state index contributed by atoms with van der Waals surface area (Å²) in [7, 11) is 0. The van der Waals surface area contributed by atoms with Crippen LogP contribution in [-0.2, 0) is 0 Å². The van der Waals surface area contributed by atoms with Crippen LogP contribution in [0.1, 0.15) is 13.8 Å². The molecule has 0 radical (unpaired) electrons. The van der Waals surface area contributed by atoms with Gasteiger partial charge >= 0.3 is 25.8 Å². The maximum absolute atomic E-state index is 4.90. The molecule has 0 fully saturated rings. The second kappa shape index (κ2) is 9.11. The van der Waals surface area contributed by atoms with Crippen LogP contribution in [0.25, 0.3) is 0 Å². The van der Waals surface area contributed by atoms with Gasteiger partial charge in [0.15, 0.2) is 0 Å². The van der Waals surface area contributed by atoms with Crippen LogP contribution in [0.15, 0.2) is 0 Å². The molecule has 0 aliphatic heterocycles. The molecule has 0 unspecified atom stereocenters. The van der Waals surface area contributed by atoms with Crippen molar-refractivity contribution in [2.45, 2.75) is 13.8 Å². The van der Waals surface area contributed by atoms with E-state index in [9.17, 15) is 0 Å². The summed E-state index contributed by atoms with van der Waals surface area (Å²) in [5.74, 6) is 1.06. The molecule has 0 rings (SSSR count). The van der Waals surface area contributed by atoms with Crippen LogP contribution in [0.4, 0.5) is 0 Å². The van der Waals surface area contributed by atoms with Gasteiger partial charge in [0.05, 0.1) is 0 Å². The summed E-state index contributed by atoms with van der Waals surface area (Å²) in [6, 6.07) is 0. The SMILES string of the molecule is CCNC(=S)SCC.[InH3]. The van der Waals surface area contributed by atoms with Gasteiger partial charge in [-0.25, -0.2) is 0 Å². The van der Waals surface area contributed by atoms with Crippen molar-refractivity contribution in [1.29, 1.82) is 0 Å². The van der Waals surface area contributed by atoms with Gasteiger partial charge in [0.25, 0.3) is 0 Å². The Bertz CT molecular complexity index is 69.4. The summed E-state index contributed by atoms with van der Waals surface area (Å²) in [5, 5.41) is 3.04. The quantitative estimate of drug-likeness (QED) is 0.730. The summed E-state index contributed by atoms with van der Waals surface area (Å²) >= 11 is 6.58. The maximum atomic E-state index is 4.90. The molecular formula is C5H14InNS2. The van der Waals surface area contributed by atoms with Gasteiger partial charge in [-0.3, -0.25) is 0 Å². The average Bonchev–Trinajstić information content (AvgIpc) is 1.68. The van der Waals surface area contributed by atoms with E-state index in [-0.39, 0.29) is 25.8 Å². The van der Waals surface area contributed by atoms with Gasteiger partial charge in [0.2, 0.25) is 0 Å². The number of nitrogens with one attached hydrogen (secondary N) is 1. The first kappa shape index (κ1) is 12.8.